The average Bonchev–Trinajstić information content (AvgIpc) is 3.18. The molecule has 0 bridgehead atoms. The second kappa shape index (κ2) is 7.41. The van der Waals surface area contributed by atoms with E-state index in [2.05, 4.69) is 21.3 Å². The Bertz CT molecular complexity index is 565. The van der Waals surface area contributed by atoms with Crippen LogP contribution < -0.4 is 21.3 Å². The van der Waals surface area contributed by atoms with Gasteiger partial charge in [-0.15, -0.1) is 0 Å². The van der Waals surface area contributed by atoms with Crippen LogP contribution in [0.25, 0.3) is 0 Å². The molecule has 25 heavy (non-hydrogen) atoms. The maximum atomic E-state index is 12.9. The Hall–Kier alpha value is -2.12. The van der Waals surface area contributed by atoms with Gasteiger partial charge in [0.2, 0.25) is 11.8 Å². The van der Waals surface area contributed by atoms with Crippen LogP contribution in [0.15, 0.2) is 0 Å². The van der Waals surface area contributed by atoms with Crippen LogP contribution in [-0.4, -0.2) is 41.4 Å². The SMILES string of the molecule is O=C(CC1NC(=O)NC1=O)NC1(C(=O)NC2CCCC2)CCCCC1. The van der Waals surface area contributed by atoms with Gasteiger partial charge in [0.1, 0.15) is 11.6 Å². The van der Waals surface area contributed by atoms with Gasteiger partial charge in [0.05, 0.1) is 6.42 Å². The van der Waals surface area contributed by atoms with E-state index in [1.165, 1.54) is 0 Å². The van der Waals surface area contributed by atoms with Crippen molar-refractivity contribution in [3.8, 4) is 0 Å². The molecule has 2 aliphatic carbocycles. The van der Waals surface area contributed by atoms with Crippen LogP contribution >= 0.6 is 0 Å². The Morgan fingerprint density at radius 3 is 2.32 bits per heavy atom. The molecule has 8 heteroatoms. The molecule has 1 heterocycles. The molecular formula is C17H26N4O4. The summed E-state index contributed by atoms with van der Waals surface area (Å²) < 4.78 is 0. The standard InChI is InChI=1S/C17H26N4O4/c22-13(10-12-14(23)20-16(25)19-12)21-17(8-4-1-5-9-17)15(24)18-11-6-2-3-7-11/h11-12H,1-10H2,(H,18,24)(H,21,22)(H2,19,20,23,25). The highest BCUT2D eigenvalue weighted by Gasteiger charge is 2.42. The fourth-order valence-corrected chi connectivity index (χ4v) is 4.06. The van der Waals surface area contributed by atoms with Gasteiger partial charge < -0.3 is 16.0 Å². The third-order valence-corrected chi connectivity index (χ3v) is 5.46. The molecule has 138 valence electrons. The van der Waals surface area contributed by atoms with Crippen LogP contribution in [0.4, 0.5) is 4.79 Å². The van der Waals surface area contributed by atoms with Gasteiger partial charge in [0.25, 0.3) is 5.91 Å². The minimum Gasteiger partial charge on any atom is -0.351 e. The topological polar surface area (TPSA) is 116 Å². The third-order valence-electron chi connectivity index (χ3n) is 5.46. The molecule has 0 radical (unpaired) electrons. The number of amides is 5. The maximum absolute atomic E-state index is 12.9. The lowest BCUT2D eigenvalue weighted by Gasteiger charge is -2.37. The first-order valence-corrected chi connectivity index (χ1v) is 9.22. The third kappa shape index (κ3) is 4.11. The van der Waals surface area contributed by atoms with Crippen LogP contribution in [0.3, 0.4) is 0 Å². The van der Waals surface area contributed by atoms with E-state index >= 15 is 0 Å². The van der Waals surface area contributed by atoms with Crippen molar-refractivity contribution in [2.75, 3.05) is 0 Å². The zero-order valence-corrected chi connectivity index (χ0v) is 14.4. The quantitative estimate of drug-likeness (QED) is 0.539. The lowest BCUT2D eigenvalue weighted by molar-refractivity contribution is -0.136. The van der Waals surface area contributed by atoms with Crippen molar-refractivity contribution in [1.29, 1.82) is 0 Å². The maximum Gasteiger partial charge on any atom is 0.322 e. The summed E-state index contributed by atoms with van der Waals surface area (Å²) in [6, 6.07) is -1.26. The first-order valence-electron chi connectivity index (χ1n) is 9.22. The Kier molecular flexibility index (Phi) is 5.24. The summed E-state index contributed by atoms with van der Waals surface area (Å²) in [5.74, 6) is -0.994. The fraction of sp³-hybridized carbons (Fsp3) is 0.765. The Morgan fingerprint density at radius 2 is 1.72 bits per heavy atom. The van der Waals surface area contributed by atoms with Crippen molar-refractivity contribution in [3.63, 3.8) is 0 Å². The van der Waals surface area contributed by atoms with Crippen molar-refractivity contribution in [2.45, 2.75) is 81.8 Å². The van der Waals surface area contributed by atoms with Crippen LogP contribution in [0.1, 0.15) is 64.2 Å². The fourth-order valence-electron chi connectivity index (χ4n) is 4.06. The Morgan fingerprint density at radius 1 is 1.04 bits per heavy atom. The molecule has 0 spiro atoms. The number of hydrogen-bond donors (Lipinski definition) is 4. The van der Waals surface area contributed by atoms with Crippen LogP contribution in [0.5, 0.6) is 0 Å². The van der Waals surface area contributed by atoms with E-state index in [1.807, 2.05) is 0 Å². The summed E-state index contributed by atoms with van der Waals surface area (Å²) in [4.78, 5) is 48.1. The molecule has 1 saturated heterocycles. The minimum absolute atomic E-state index is 0.104. The van der Waals surface area contributed by atoms with Crippen LogP contribution in [-0.2, 0) is 14.4 Å². The first-order chi connectivity index (χ1) is 12.0. The number of hydrogen-bond acceptors (Lipinski definition) is 4. The van der Waals surface area contributed by atoms with E-state index in [0.717, 1.165) is 44.9 Å². The number of carbonyl (C=O) groups excluding carboxylic acids is 4. The van der Waals surface area contributed by atoms with Gasteiger partial charge in [-0.25, -0.2) is 4.79 Å². The van der Waals surface area contributed by atoms with E-state index < -0.39 is 23.5 Å². The van der Waals surface area contributed by atoms with Gasteiger partial charge in [-0.3, -0.25) is 19.7 Å². The zero-order chi connectivity index (χ0) is 17.9. The second-order valence-electron chi connectivity index (χ2n) is 7.37. The van der Waals surface area contributed by atoms with Gasteiger partial charge in [0, 0.05) is 6.04 Å². The van der Waals surface area contributed by atoms with Gasteiger partial charge in [-0.1, -0.05) is 32.1 Å². The molecule has 3 fully saturated rings. The molecule has 1 atom stereocenters. The summed E-state index contributed by atoms with van der Waals surface area (Å²) >= 11 is 0. The highest BCUT2D eigenvalue weighted by atomic mass is 16.2. The van der Waals surface area contributed by atoms with Gasteiger partial charge in [-0.05, 0) is 25.7 Å². The van der Waals surface area contributed by atoms with E-state index in [-0.39, 0.29) is 24.3 Å². The van der Waals surface area contributed by atoms with Crippen molar-refractivity contribution < 1.29 is 19.2 Å². The smallest absolute Gasteiger partial charge is 0.322 e. The van der Waals surface area contributed by atoms with Crippen LogP contribution in [0, 0.1) is 0 Å². The summed E-state index contributed by atoms with van der Waals surface area (Å²) in [6.07, 6.45) is 8.13. The van der Waals surface area contributed by atoms with E-state index in [4.69, 9.17) is 0 Å². The molecule has 3 aliphatic rings. The molecule has 8 nitrogen and oxygen atoms in total. The van der Waals surface area contributed by atoms with Crippen molar-refractivity contribution in [3.05, 3.63) is 0 Å². The molecule has 0 aromatic carbocycles. The number of rotatable bonds is 5. The predicted molar refractivity (Wildman–Crippen MR) is 89.4 cm³/mol. The van der Waals surface area contributed by atoms with E-state index in [9.17, 15) is 19.2 Å². The predicted octanol–water partition coefficient (Wildman–Crippen LogP) is 0.462. The van der Waals surface area contributed by atoms with Gasteiger partial charge >= 0.3 is 6.03 Å². The highest BCUT2D eigenvalue weighted by Crippen LogP contribution is 2.30. The van der Waals surface area contributed by atoms with Crippen molar-refractivity contribution >= 4 is 23.8 Å². The Labute approximate surface area is 146 Å². The number of urea groups is 1. The summed E-state index contributed by atoms with van der Waals surface area (Å²) in [5.41, 5.74) is -0.892. The Balaban J connectivity index is 1.63. The highest BCUT2D eigenvalue weighted by molar-refractivity contribution is 6.06. The van der Waals surface area contributed by atoms with Crippen LogP contribution in [0.2, 0.25) is 0 Å². The van der Waals surface area contributed by atoms with E-state index in [1.54, 1.807) is 0 Å². The normalized spacial score (nSPS) is 26.0. The second-order valence-corrected chi connectivity index (χ2v) is 7.37. The molecule has 1 unspecified atom stereocenters. The molecule has 1 aliphatic heterocycles. The summed E-state index contributed by atoms with van der Waals surface area (Å²) in [5, 5.41) is 10.5. The van der Waals surface area contributed by atoms with Crippen molar-refractivity contribution in [2.24, 2.45) is 0 Å². The summed E-state index contributed by atoms with van der Waals surface area (Å²) in [6.45, 7) is 0. The molecule has 0 aromatic heterocycles. The molecule has 5 amide bonds. The number of carbonyl (C=O) groups is 4. The lowest BCUT2D eigenvalue weighted by atomic mass is 9.80. The van der Waals surface area contributed by atoms with Gasteiger partial charge in [-0.2, -0.15) is 0 Å². The zero-order valence-electron chi connectivity index (χ0n) is 14.4. The lowest BCUT2D eigenvalue weighted by Crippen LogP contribution is -2.61. The average molecular weight is 350 g/mol. The molecule has 4 N–H and O–H groups in total. The largest absolute Gasteiger partial charge is 0.351 e. The number of nitrogens with one attached hydrogen (secondary N) is 4. The summed E-state index contributed by atoms with van der Waals surface area (Å²) in [7, 11) is 0. The molecular weight excluding hydrogens is 324 g/mol. The number of imide groups is 1. The molecule has 3 rings (SSSR count). The monoisotopic (exact) mass is 350 g/mol. The van der Waals surface area contributed by atoms with E-state index in [0.29, 0.717) is 12.8 Å². The molecule has 0 aromatic rings. The van der Waals surface area contributed by atoms with Gasteiger partial charge in [0.15, 0.2) is 0 Å². The van der Waals surface area contributed by atoms with Crippen molar-refractivity contribution in [1.82, 2.24) is 21.3 Å². The first kappa shape index (κ1) is 17.7. The minimum atomic E-state index is -0.892. The molecule has 2 saturated carbocycles.